The fourth-order valence-electron chi connectivity index (χ4n) is 1.34. The van der Waals surface area contributed by atoms with Gasteiger partial charge >= 0.3 is 0 Å². The van der Waals surface area contributed by atoms with Crippen molar-refractivity contribution in [2.24, 2.45) is 10.9 Å². The first-order valence-electron chi connectivity index (χ1n) is 4.82. The Labute approximate surface area is 89.0 Å². The summed E-state index contributed by atoms with van der Waals surface area (Å²) in [5.41, 5.74) is 6.51. The largest absolute Gasteiger partial charge is 0.409 e. The van der Waals surface area contributed by atoms with Gasteiger partial charge in [0.25, 0.3) is 0 Å². The van der Waals surface area contributed by atoms with E-state index in [1.165, 1.54) is 0 Å². The first-order chi connectivity index (χ1) is 7.15. The minimum Gasteiger partial charge on any atom is -0.409 e. The SMILES string of the molecule is CCn1cc(CN(C)CC(N)=NO)cn1. The molecule has 0 unspecified atom stereocenters. The minimum atomic E-state index is 0.209. The second kappa shape index (κ2) is 5.35. The normalized spacial score (nSPS) is 12.3. The van der Waals surface area contributed by atoms with Gasteiger partial charge in [0.1, 0.15) is 0 Å². The van der Waals surface area contributed by atoms with Crippen LogP contribution in [0.3, 0.4) is 0 Å². The highest BCUT2D eigenvalue weighted by molar-refractivity contribution is 5.81. The van der Waals surface area contributed by atoms with Crippen molar-refractivity contribution >= 4 is 5.84 Å². The van der Waals surface area contributed by atoms with Gasteiger partial charge in [0.05, 0.1) is 12.7 Å². The van der Waals surface area contributed by atoms with E-state index in [-0.39, 0.29) is 5.84 Å². The van der Waals surface area contributed by atoms with Crippen molar-refractivity contribution in [1.82, 2.24) is 14.7 Å². The smallest absolute Gasteiger partial charge is 0.153 e. The molecule has 0 atom stereocenters. The van der Waals surface area contributed by atoms with Gasteiger partial charge in [-0.1, -0.05) is 5.16 Å². The van der Waals surface area contributed by atoms with E-state index >= 15 is 0 Å². The standard InChI is InChI=1S/C9H17N5O/c1-3-14-6-8(4-11-14)5-13(2)7-9(10)12-15/h4,6,15H,3,5,7H2,1-2H3,(H2,10,12). The Balaban J connectivity index is 2.47. The molecular formula is C9H17N5O. The minimum absolute atomic E-state index is 0.209. The summed E-state index contributed by atoms with van der Waals surface area (Å²) < 4.78 is 1.87. The number of aryl methyl sites for hydroxylation is 1. The molecule has 0 amide bonds. The maximum Gasteiger partial charge on any atom is 0.153 e. The first-order valence-corrected chi connectivity index (χ1v) is 4.82. The van der Waals surface area contributed by atoms with Crippen LogP contribution in [0.15, 0.2) is 17.5 Å². The number of nitrogens with zero attached hydrogens (tertiary/aromatic N) is 4. The Morgan fingerprint density at radius 3 is 3.00 bits per heavy atom. The molecule has 1 heterocycles. The van der Waals surface area contributed by atoms with Gasteiger partial charge in [0, 0.05) is 24.8 Å². The molecule has 0 radical (unpaired) electrons. The second-order valence-corrected chi connectivity index (χ2v) is 3.47. The van der Waals surface area contributed by atoms with E-state index in [9.17, 15) is 0 Å². The van der Waals surface area contributed by atoms with Gasteiger partial charge < -0.3 is 10.9 Å². The summed E-state index contributed by atoms with van der Waals surface area (Å²) >= 11 is 0. The van der Waals surface area contributed by atoms with Crippen molar-refractivity contribution in [2.45, 2.75) is 20.0 Å². The highest BCUT2D eigenvalue weighted by atomic mass is 16.4. The lowest BCUT2D eigenvalue weighted by molar-refractivity contribution is 0.308. The van der Waals surface area contributed by atoms with Crippen LogP contribution >= 0.6 is 0 Å². The molecule has 1 rings (SSSR count). The zero-order valence-electron chi connectivity index (χ0n) is 9.09. The molecule has 3 N–H and O–H groups in total. The van der Waals surface area contributed by atoms with Crippen LogP contribution in [0.4, 0.5) is 0 Å². The number of likely N-dealkylation sites (N-methyl/N-ethyl adjacent to an activating group) is 1. The average molecular weight is 211 g/mol. The van der Waals surface area contributed by atoms with Gasteiger partial charge in [-0.25, -0.2) is 0 Å². The van der Waals surface area contributed by atoms with Crippen molar-refractivity contribution in [1.29, 1.82) is 0 Å². The Bertz CT molecular complexity index is 333. The van der Waals surface area contributed by atoms with Crippen LogP contribution in [0.1, 0.15) is 12.5 Å². The van der Waals surface area contributed by atoms with Gasteiger partial charge in [0.15, 0.2) is 5.84 Å². The third-order valence-electron chi connectivity index (χ3n) is 2.02. The van der Waals surface area contributed by atoms with Crippen molar-refractivity contribution in [3.05, 3.63) is 18.0 Å². The fourth-order valence-corrected chi connectivity index (χ4v) is 1.34. The Morgan fingerprint density at radius 1 is 1.73 bits per heavy atom. The number of hydrogen-bond acceptors (Lipinski definition) is 4. The molecule has 6 heteroatoms. The third-order valence-corrected chi connectivity index (χ3v) is 2.02. The maximum atomic E-state index is 8.41. The second-order valence-electron chi connectivity index (χ2n) is 3.47. The zero-order valence-corrected chi connectivity index (χ0v) is 9.09. The van der Waals surface area contributed by atoms with Gasteiger partial charge in [0.2, 0.25) is 0 Å². The molecule has 0 aliphatic carbocycles. The van der Waals surface area contributed by atoms with E-state index in [4.69, 9.17) is 10.9 Å². The number of oxime groups is 1. The van der Waals surface area contributed by atoms with Gasteiger partial charge in [-0.2, -0.15) is 5.10 Å². The van der Waals surface area contributed by atoms with E-state index in [1.54, 1.807) is 0 Å². The van der Waals surface area contributed by atoms with E-state index in [0.29, 0.717) is 6.54 Å². The van der Waals surface area contributed by atoms with E-state index in [2.05, 4.69) is 10.3 Å². The van der Waals surface area contributed by atoms with Crippen LogP contribution in [0.5, 0.6) is 0 Å². The van der Waals surface area contributed by atoms with E-state index in [0.717, 1.165) is 18.7 Å². The van der Waals surface area contributed by atoms with Gasteiger partial charge in [-0.3, -0.25) is 9.58 Å². The lowest BCUT2D eigenvalue weighted by atomic mass is 10.3. The Morgan fingerprint density at radius 2 is 2.47 bits per heavy atom. The molecule has 0 aliphatic heterocycles. The molecule has 0 spiro atoms. The molecule has 0 saturated carbocycles. The molecular weight excluding hydrogens is 194 g/mol. The summed E-state index contributed by atoms with van der Waals surface area (Å²) in [5, 5.41) is 15.5. The molecule has 0 fully saturated rings. The molecule has 0 aromatic carbocycles. The molecule has 6 nitrogen and oxygen atoms in total. The number of aromatic nitrogens is 2. The zero-order chi connectivity index (χ0) is 11.3. The van der Waals surface area contributed by atoms with Crippen molar-refractivity contribution in [3.8, 4) is 0 Å². The van der Waals surface area contributed by atoms with Crippen LogP contribution in [-0.2, 0) is 13.1 Å². The topological polar surface area (TPSA) is 79.7 Å². The van der Waals surface area contributed by atoms with Crippen molar-refractivity contribution < 1.29 is 5.21 Å². The van der Waals surface area contributed by atoms with Crippen LogP contribution in [-0.4, -0.2) is 39.3 Å². The predicted octanol–water partition coefficient (Wildman–Crippen LogP) is 0.0812. The summed E-state index contributed by atoms with van der Waals surface area (Å²) in [5.74, 6) is 0.209. The first kappa shape index (κ1) is 11.5. The lowest BCUT2D eigenvalue weighted by Gasteiger charge is -2.13. The summed E-state index contributed by atoms with van der Waals surface area (Å²) in [6.07, 6.45) is 3.81. The summed E-state index contributed by atoms with van der Waals surface area (Å²) in [7, 11) is 1.90. The van der Waals surface area contributed by atoms with Crippen molar-refractivity contribution in [2.75, 3.05) is 13.6 Å². The quantitative estimate of drug-likeness (QED) is 0.313. The number of amidine groups is 1. The van der Waals surface area contributed by atoms with E-state index in [1.807, 2.05) is 35.9 Å². The molecule has 15 heavy (non-hydrogen) atoms. The fraction of sp³-hybridized carbons (Fsp3) is 0.556. The Kier molecular flexibility index (Phi) is 4.11. The van der Waals surface area contributed by atoms with Crippen molar-refractivity contribution in [3.63, 3.8) is 0 Å². The number of hydrogen-bond donors (Lipinski definition) is 2. The molecule has 0 bridgehead atoms. The van der Waals surface area contributed by atoms with E-state index < -0.39 is 0 Å². The third kappa shape index (κ3) is 3.59. The lowest BCUT2D eigenvalue weighted by Crippen LogP contribution is -2.30. The summed E-state index contributed by atoms with van der Waals surface area (Å²) in [6.45, 7) is 4.07. The van der Waals surface area contributed by atoms with Crippen LogP contribution in [0.25, 0.3) is 0 Å². The monoisotopic (exact) mass is 211 g/mol. The van der Waals surface area contributed by atoms with Gasteiger partial charge in [-0.15, -0.1) is 0 Å². The Hall–Kier alpha value is -1.56. The number of rotatable bonds is 5. The highest BCUT2D eigenvalue weighted by Crippen LogP contribution is 2.01. The number of nitrogens with two attached hydrogens (primary N) is 1. The summed E-state index contributed by atoms with van der Waals surface area (Å²) in [6, 6.07) is 0. The summed E-state index contributed by atoms with van der Waals surface area (Å²) in [4.78, 5) is 1.95. The highest BCUT2D eigenvalue weighted by Gasteiger charge is 2.04. The van der Waals surface area contributed by atoms with Crippen LogP contribution < -0.4 is 5.73 Å². The molecule has 84 valence electrons. The maximum absolute atomic E-state index is 8.41. The van der Waals surface area contributed by atoms with Gasteiger partial charge in [-0.05, 0) is 14.0 Å². The molecule has 1 aromatic rings. The predicted molar refractivity (Wildman–Crippen MR) is 57.6 cm³/mol. The molecule has 1 aromatic heterocycles. The van der Waals surface area contributed by atoms with Crippen LogP contribution in [0.2, 0.25) is 0 Å². The van der Waals surface area contributed by atoms with Crippen LogP contribution in [0, 0.1) is 0 Å². The average Bonchev–Trinajstić information content (AvgIpc) is 2.65. The molecule has 0 aliphatic rings. The molecule has 0 saturated heterocycles.